The standard InChI is InChI=1S/C40H64O3Si3/c1-44(2,16-13-31-22-25-7-10-28(31)19-25)41-38-35-34-36(38)40(43-46(5,6)18-15-33-24-27-9-12-30(33)21-27)37(34)39(35)42-45(3,4)17-14-32-23-26-8-11-29(32)20-26/h7-12,25-40H,13-24H2,1-6H3. The van der Waals surface area contributed by atoms with E-state index in [1.807, 2.05) is 0 Å². The van der Waals surface area contributed by atoms with Crippen molar-refractivity contribution in [3.63, 3.8) is 0 Å². The molecule has 0 aliphatic heterocycles. The van der Waals surface area contributed by atoms with E-state index in [2.05, 4.69) is 75.7 Å². The van der Waals surface area contributed by atoms with E-state index in [1.54, 1.807) is 0 Å². The summed E-state index contributed by atoms with van der Waals surface area (Å²) < 4.78 is 22.2. The van der Waals surface area contributed by atoms with Crippen molar-refractivity contribution in [1.82, 2.24) is 0 Å². The quantitative estimate of drug-likeness (QED) is 0.128. The van der Waals surface area contributed by atoms with Gasteiger partial charge in [-0.25, -0.2) is 0 Å². The van der Waals surface area contributed by atoms with Crippen molar-refractivity contribution in [3.05, 3.63) is 36.5 Å². The van der Waals surface area contributed by atoms with Crippen LogP contribution in [-0.2, 0) is 13.3 Å². The fraction of sp³-hybridized carbons (Fsp3) is 0.850. The second-order valence-electron chi connectivity index (χ2n) is 20.1. The summed E-state index contributed by atoms with van der Waals surface area (Å²) in [5.74, 6) is 10.7. The maximum Gasteiger partial charge on any atom is 0.187 e. The third kappa shape index (κ3) is 5.58. The van der Waals surface area contributed by atoms with Crippen LogP contribution in [-0.4, -0.2) is 43.3 Å². The summed E-state index contributed by atoms with van der Waals surface area (Å²) in [7, 11) is -5.31. The molecule has 9 rings (SSSR count). The molecule has 0 aromatic heterocycles. The van der Waals surface area contributed by atoms with Crippen molar-refractivity contribution in [2.45, 2.75) is 134 Å². The van der Waals surface area contributed by atoms with Crippen LogP contribution in [0, 0.1) is 76.9 Å². The molecule has 6 saturated carbocycles. The molecule has 9 aliphatic rings. The molecular weight excluding hydrogens is 613 g/mol. The SMILES string of the molecule is C[Si](C)(CCC1CC2C=CC1C2)OC1C2C(O[Si](C)(C)CCC3CC4C=CC3C4)C3C(O[Si](C)(C)CCC4CC5C=CC4C5)C1C23. The topological polar surface area (TPSA) is 27.7 Å². The van der Waals surface area contributed by atoms with Crippen LogP contribution in [0.1, 0.15) is 57.8 Å². The molecule has 0 amide bonds. The average Bonchev–Trinajstić information content (AvgIpc) is 3.84. The second kappa shape index (κ2) is 11.4. The lowest BCUT2D eigenvalue weighted by Crippen LogP contribution is -2.87. The van der Waals surface area contributed by atoms with Crippen molar-refractivity contribution in [2.75, 3.05) is 0 Å². The van der Waals surface area contributed by atoms with Gasteiger partial charge in [-0.2, -0.15) is 0 Å². The molecule has 0 heterocycles. The van der Waals surface area contributed by atoms with Gasteiger partial charge in [0.05, 0.1) is 18.3 Å². The Balaban J connectivity index is 0.859. The Labute approximate surface area is 284 Å². The fourth-order valence-corrected chi connectivity index (χ4v) is 19.7. The van der Waals surface area contributed by atoms with Crippen LogP contribution in [0.25, 0.3) is 0 Å². The van der Waals surface area contributed by atoms with Gasteiger partial charge in [0.2, 0.25) is 0 Å². The van der Waals surface area contributed by atoms with Crippen molar-refractivity contribution in [2.24, 2.45) is 76.9 Å². The fourth-order valence-electron chi connectivity index (χ4n) is 13.0. The number of allylic oxidation sites excluding steroid dienone is 6. The van der Waals surface area contributed by atoms with Gasteiger partial charge in [0.25, 0.3) is 0 Å². The van der Waals surface area contributed by atoms with Gasteiger partial charge in [0.1, 0.15) is 0 Å². The minimum absolute atomic E-state index is 0.396. The molecule has 6 fully saturated rings. The lowest BCUT2D eigenvalue weighted by atomic mass is 9.32. The predicted molar refractivity (Wildman–Crippen MR) is 196 cm³/mol. The van der Waals surface area contributed by atoms with Crippen LogP contribution >= 0.6 is 0 Å². The molecule has 6 bridgehead atoms. The Morgan fingerprint density at radius 3 is 0.957 bits per heavy atom. The highest BCUT2D eigenvalue weighted by molar-refractivity contribution is 6.72. The largest absolute Gasteiger partial charge is 0.414 e. The minimum atomic E-state index is -1.77. The highest BCUT2D eigenvalue weighted by Crippen LogP contribution is 2.73. The molecule has 0 radical (unpaired) electrons. The van der Waals surface area contributed by atoms with Gasteiger partial charge >= 0.3 is 0 Å². The third-order valence-electron chi connectivity index (χ3n) is 15.6. The van der Waals surface area contributed by atoms with Crippen LogP contribution in [0.5, 0.6) is 0 Å². The summed E-state index contributed by atoms with van der Waals surface area (Å²) in [6.07, 6.45) is 29.0. The number of rotatable bonds is 15. The lowest BCUT2D eigenvalue weighted by molar-refractivity contribution is -0.369. The first kappa shape index (κ1) is 31.7. The smallest absolute Gasteiger partial charge is 0.187 e. The van der Waals surface area contributed by atoms with Gasteiger partial charge in [-0.15, -0.1) is 0 Å². The molecule has 254 valence electrons. The van der Waals surface area contributed by atoms with E-state index >= 15 is 0 Å². The number of hydrogen-bond acceptors (Lipinski definition) is 3. The number of hydrogen-bond donors (Lipinski definition) is 0. The summed E-state index contributed by atoms with van der Waals surface area (Å²) in [5, 5.41) is 0. The van der Waals surface area contributed by atoms with Gasteiger partial charge in [-0.05, 0) is 155 Å². The van der Waals surface area contributed by atoms with Crippen LogP contribution in [0.3, 0.4) is 0 Å². The van der Waals surface area contributed by atoms with E-state index in [-0.39, 0.29) is 0 Å². The first-order valence-electron chi connectivity index (χ1n) is 20.0. The molecule has 46 heavy (non-hydrogen) atoms. The zero-order valence-electron chi connectivity index (χ0n) is 29.9. The molecule has 0 N–H and O–H groups in total. The van der Waals surface area contributed by atoms with Crippen molar-refractivity contribution in [1.29, 1.82) is 0 Å². The van der Waals surface area contributed by atoms with Crippen LogP contribution in [0.4, 0.5) is 0 Å². The van der Waals surface area contributed by atoms with Gasteiger partial charge in [-0.1, -0.05) is 55.7 Å². The van der Waals surface area contributed by atoms with E-state index in [9.17, 15) is 0 Å². The highest BCUT2D eigenvalue weighted by Gasteiger charge is 2.80. The van der Waals surface area contributed by atoms with Crippen LogP contribution in [0.2, 0.25) is 57.4 Å². The van der Waals surface area contributed by atoms with E-state index in [4.69, 9.17) is 13.3 Å². The maximum atomic E-state index is 7.41. The Bertz CT molecular complexity index is 1110. The Morgan fingerprint density at radius 2 is 0.717 bits per heavy atom. The summed E-state index contributed by atoms with van der Waals surface area (Å²) in [6.45, 7) is 15.2. The predicted octanol–water partition coefficient (Wildman–Crippen LogP) is 10.1. The van der Waals surface area contributed by atoms with Crippen LogP contribution < -0.4 is 0 Å². The first-order valence-corrected chi connectivity index (χ1v) is 29.3. The molecule has 0 spiro atoms. The van der Waals surface area contributed by atoms with Crippen molar-refractivity contribution < 1.29 is 13.3 Å². The van der Waals surface area contributed by atoms with E-state index < -0.39 is 25.0 Å². The normalized spacial score (nSPS) is 48.7. The zero-order valence-corrected chi connectivity index (χ0v) is 32.9. The molecule has 3 nitrogen and oxygen atoms in total. The first-order chi connectivity index (χ1) is 21.9. The molecule has 0 aromatic carbocycles. The molecule has 0 aromatic rings. The minimum Gasteiger partial charge on any atom is -0.414 e. The molecule has 9 aliphatic carbocycles. The maximum absolute atomic E-state index is 7.41. The second-order valence-corrected chi connectivity index (χ2v) is 32.8. The average molecular weight is 677 g/mol. The molecule has 6 heteroatoms. The van der Waals surface area contributed by atoms with Crippen LogP contribution in [0.15, 0.2) is 36.5 Å². The van der Waals surface area contributed by atoms with Gasteiger partial charge in [0, 0.05) is 17.8 Å². The molecular formula is C40H64O3Si3. The van der Waals surface area contributed by atoms with E-state index in [1.165, 1.54) is 75.9 Å². The Kier molecular flexibility index (Phi) is 7.85. The molecule has 9 unspecified atom stereocenters. The zero-order chi connectivity index (χ0) is 31.6. The van der Waals surface area contributed by atoms with E-state index in [0.29, 0.717) is 36.1 Å². The van der Waals surface area contributed by atoms with Crippen molar-refractivity contribution in [3.8, 4) is 0 Å². The molecule has 0 saturated heterocycles. The Hall–Kier alpha value is -0.249. The monoisotopic (exact) mass is 676 g/mol. The van der Waals surface area contributed by atoms with Gasteiger partial charge in [-0.3, -0.25) is 0 Å². The van der Waals surface area contributed by atoms with Crippen molar-refractivity contribution >= 4 is 25.0 Å². The van der Waals surface area contributed by atoms with E-state index in [0.717, 1.165) is 59.2 Å². The summed E-state index contributed by atoms with van der Waals surface area (Å²) >= 11 is 0. The summed E-state index contributed by atoms with van der Waals surface area (Å²) in [5.41, 5.74) is 0. The Morgan fingerprint density at radius 1 is 0.413 bits per heavy atom. The lowest BCUT2D eigenvalue weighted by Gasteiger charge is -2.80. The molecule has 9 atom stereocenters. The summed E-state index contributed by atoms with van der Waals surface area (Å²) in [4.78, 5) is 0. The van der Waals surface area contributed by atoms with Gasteiger partial charge < -0.3 is 13.3 Å². The van der Waals surface area contributed by atoms with Gasteiger partial charge in [0.15, 0.2) is 25.0 Å². The summed E-state index contributed by atoms with van der Waals surface area (Å²) in [6, 6.07) is 3.98. The third-order valence-corrected chi connectivity index (χ3v) is 22.8. The highest BCUT2D eigenvalue weighted by atomic mass is 28.4. The number of fused-ring (bicyclic) bond motifs is 6.